The zero-order valence-corrected chi connectivity index (χ0v) is 16.8. The van der Waals surface area contributed by atoms with Gasteiger partial charge in [0.2, 0.25) is 0 Å². The van der Waals surface area contributed by atoms with E-state index in [1.807, 2.05) is 36.1 Å². The van der Waals surface area contributed by atoms with Gasteiger partial charge in [-0.25, -0.2) is 0 Å². The second kappa shape index (κ2) is 8.13. The van der Waals surface area contributed by atoms with E-state index in [1.54, 1.807) is 0 Å². The summed E-state index contributed by atoms with van der Waals surface area (Å²) in [6.45, 7) is 12.4. The van der Waals surface area contributed by atoms with E-state index in [2.05, 4.69) is 44.3 Å². The van der Waals surface area contributed by atoms with Crippen LogP contribution in [0.25, 0.3) is 11.1 Å². The fraction of sp³-hybridized carbons (Fsp3) is 0.435. The van der Waals surface area contributed by atoms with Crippen molar-refractivity contribution in [3.8, 4) is 16.9 Å². The zero-order valence-electron chi connectivity index (χ0n) is 16.8. The lowest BCUT2D eigenvalue weighted by Crippen LogP contribution is -2.46. The lowest BCUT2D eigenvalue weighted by molar-refractivity contribution is 0.0735. The normalized spacial score (nSPS) is 14.9. The Labute approximate surface area is 162 Å². The minimum absolute atomic E-state index is 0.0357. The van der Waals surface area contributed by atoms with E-state index in [4.69, 9.17) is 4.74 Å². The Hall–Kier alpha value is -2.33. The predicted octanol–water partition coefficient (Wildman–Crippen LogP) is 4.10. The van der Waals surface area contributed by atoms with E-state index in [-0.39, 0.29) is 11.3 Å². The van der Waals surface area contributed by atoms with Gasteiger partial charge in [-0.3, -0.25) is 4.79 Å². The number of carbonyl (C=O) groups excluding carboxylic acids is 1. The van der Waals surface area contributed by atoms with Gasteiger partial charge in [-0.15, -0.1) is 0 Å². The SMILES string of the molecule is CCOc1cccc(-c2cc(C(=O)N3CCNCC3)cc(C(C)(C)C)c2)c1. The monoisotopic (exact) mass is 366 g/mol. The Kier molecular flexibility index (Phi) is 5.85. The topological polar surface area (TPSA) is 41.6 Å². The largest absolute Gasteiger partial charge is 0.494 e. The molecule has 1 N–H and O–H groups in total. The quantitative estimate of drug-likeness (QED) is 0.886. The van der Waals surface area contributed by atoms with Crippen molar-refractivity contribution in [2.75, 3.05) is 32.8 Å². The first-order chi connectivity index (χ1) is 12.9. The van der Waals surface area contributed by atoms with Crippen LogP contribution in [-0.4, -0.2) is 43.6 Å². The van der Waals surface area contributed by atoms with Crippen LogP contribution in [0, 0.1) is 0 Å². The Morgan fingerprint density at radius 1 is 1.07 bits per heavy atom. The molecule has 0 aliphatic carbocycles. The van der Waals surface area contributed by atoms with Gasteiger partial charge in [-0.05, 0) is 53.3 Å². The standard InChI is InChI=1S/C23H30N2O2/c1-5-27-21-8-6-7-17(16-21)18-13-19(15-20(14-18)23(2,3)4)22(26)25-11-9-24-10-12-25/h6-8,13-16,24H,5,9-12H2,1-4H3. The second-order valence-corrected chi connectivity index (χ2v) is 8.05. The summed E-state index contributed by atoms with van der Waals surface area (Å²) in [5.41, 5.74) is 4.02. The molecule has 0 unspecified atom stereocenters. The average molecular weight is 367 g/mol. The lowest BCUT2D eigenvalue weighted by Gasteiger charge is -2.28. The van der Waals surface area contributed by atoms with Crippen LogP contribution < -0.4 is 10.1 Å². The third-order valence-electron chi connectivity index (χ3n) is 4.93. The molecule has 0 aromatic heterocycles. The highest BCUT2D eigenvalue weighted by Crippen LogP contribution is 2.31. The number of nitrogens with one attached hydrogen (secondary N) is 1. The second-order valence-electron chi connectivity index (χ2n) is 8.05. The molecule has 0 atom stereocenters. The maximum atomic E-state index is 13.1. The maximum absolute atomic E-state index is 13.1. The summed E-state index contributed by atoms with van der Waals surface area (Å²) >= 11 is 0. The molecule has 4 heteroatoms. The van der Waals surface area contributed by atoms with Crippen molar-refractivity contribution in [1.29, 1.82) is 0 Å². The summed E-state index contributed by atoms with van der Waals surface area (Å²) in [4.78, 5) is 15.0. The van der Waals surface area contributed by atoms with Gasteiger partial charge in [0.1, 0.15) is 5.75 Å². The number of ether oxygens (including phenoxy) is 1. The van der Waals surface area contributed by atoms with Gasteiger partial charge in [-0.1, -0.05) is 39.0 Å². The van der Waals surface area contributed by atoms with Crippen LogP contribution in [0.5, 0.6) is 5.75 Å². The Balaban J connectivity index is 2.03. The number of hydrogen-bond donors (Lipinski definition) is 1. The first kappa shape index (κ1) is 19.4. The van der Waals surface area contributed by atoms with Crippen LogP contribution >= 0.6 is 0 Å². The van der Waals surface area contributed by atoms with Crippen molar-refractivity contribution < 1.29 is 9.53 Å². The molecule has 0 saturated carbocycles. The molecule has 4 nitrogen and oxygen atoms in total. The van der Waals surface area contributed by atoms with Crippen molar-refractivity contribution >= 4 is 5.91 Å². The van der Waals surface area contributed by atoms with Crippen molar-refractivity contribution in [2.24, 2.45) is 0 Å². The summed E-state index contributed by atoms with van der Waals surface area (Å²) in [5.74, 6) is 0.968. The fourth-order valence-electron chi connectivity index (χ4n) is 3.33. The molecular formula is C23H30N2O2. The highest BCUT2D eigenvalue weighted by molar-refractivity contribution is 5.96. The number of nitrogens with zero attached hydrogens (tertiary/aromatic N) is 1. The van der Waals surface area contributed by atoms with Gasteiger partial charge in [0, 0.05) is 31.7 Å². The minimum Gasteiger partial charge on any atom is -0.494 e. The van der Waals surface area contributed by atoms with E-state index in [0.717, 1.165) is 48.6 Å². The summed E-state index contributed by atoms with van der Waals surface area (Å²) in [6.07, 6.45) is 0. The lowest BCUT2D eigenvalue weighted by atomic mass is 9.84. The molecule has 3 rings (SSSR count). The van der Waals surface area contributed by atoms with Gasteiger partial charge in [0.15, 0.2) is 0 Å². The summed E-state index contributed by atoms with van der Waals surface area (Å²) in [6, 6.07) is 14.4. The number of carbonyl (C=O) groups is 1. The molecule has 1 saturated heterocycles. The van der Waals surface area contributed by atoms with Crippen LogP contribution in [0.2, 0.25) is 0 Å². The highest BCUT2D eigenvalue weighted by Gasteiger charge is 2.22. The molecule has 0 bridgehead atoms. The highest BCUT2D eigenvalue weighted by atomic mass is 16.5. The molecule has 2 aromatic carbocycles. The van der Waals surface area contributed by atoms with Crippen molar-refractivity contribution in [2.45, 2.75) is 33.1 Å². The Morgan fingerprint density at radius 2 is 1.81 bits per heavy atom. The Bertz CT molecular complexity index is 802. The number of rotatable bonds is 4. The Morgan fingerprint density at radius 3 is 2.48 bits per heavy atom. The molecule has 1 amide bonds. The summed E-state index contributed by atoms with van der Waals surface area (Å²) < 4.78 is 5.66. The molecule has 144 valence electrons. The number of amides is 1. The molecule has 1 aliphatic heterocycles. The summed E-state index contributed by atoms with van der Waals surface area (Å²) in [5, 5.41) is 3.30. The van der Waals surface area contributed by atoms with E-state index >= 15 is 0 Å². The van der Waals surface area contributed by atoms with Gasteiger partial charge < -0.3 is 15.0 Å². The van der Waals surface area contributed by atoms with Crippen LogP contribution in [0.3, 0.4) is 0 Å². The van der Waals surface area contributed by atoms with Gasteiger partial charge in [-0.2, -0.15) is 0 Å². The van der Waals surface area contributed by atoms with E-state index in [0.29, 0.717) is 6.61 Å². The van der Waals surface area contributed by atoms with Crippen LogP contribution in [0.4, 0.5) is 0 Å². The van der Waals surface area contributed by atoms with Gasteiger partial charge in [0.05, 0.1) is 6.61 Å². The summed E-state index contributed by atoms with van der Waals surface area (Å²) in [7, 11) is 0. The van der Waals surface area contributed by atoms with Crippen molar-refractivity contribution in [3.05, 3.63) is 53.6 Å². The molecule has 1 heterocycles. The maximum Gasteiger partial charge on any atom is 0.253 e. The van der Waals surface area contributed by atoms with Crippen molar-refractivity contribution in [3.63, 3.8) is 0 Å². The third kappa shape index (κ3) is 4.69. The average Bonchev–Trinajstić information content (AvgIpc) is 2.67. The molecule has 0 radical (unpaired) electrons. The molecule has 27 heavy (non-hydrogen) atoms. The van der Waals surface area contributed by atoms with Gasteiger partial charge in [0.25, 0.3) is 5.91 Å². The first-order valence-electron chi connectivity index (χ1n) is 9.77. The third-order valence-corrected chi connectivity index (χ3v) is 4.93. The first-order valence-corrected chi connectivity index (χ1v) is 9.77. The molecule has 1 fully saturated rings. The number of piperazine rings is 1. The number of hydrogen-bond acceptors (Lipinski definition) is 3. The molecule has 0 spiro atoms. The van der Waals surface area contributed by atoms with E-state index in [9.17, 15) is 4.79 Å². The van der Waals surface area contributed by atoms with Gasteiger partial charge >= 0.3 is 0 Å². The zero-order chi connectivity index (χ0) is 19.4. The van der Waals surface area contributed by atoms with Crippen LogP contribution in [0.1, 0.15) is 43.6 Å². The minimum atomic E-state index is -0.0357. The fourth-order valence-corrected chi connectivity index (χ4v) is 3.33. The van der Waals surface area contributed by atoms with E-state index in [1.165, 1.54) is 5.56 Å². The predicted molar refractivity (Wildman–Crippen MR) is 111 cm³/mol. The van der Waals surface area contributed by atoms with Crippen molar-refractivity contribution in [1.82, 2.24) is 10.2 Å². The molecule has 2 aromatic rings. The smallest absolute Gasteiger partial charge is 0.253 e. The molecular weight excluding hydrogens is 336 g/mol. The number of benzene rings is 2. The van der Waals surface area contributed by atoms with E-state index < -0.39 is 0 Å². The molecule has 1 aliphatic rings. The van der Waals surface area contributed by atoms with Crippen LogP contribution in [-0.2, 0) is 5.41 Å². The van der Waals surface area contributed by atoms with Crippen LogP contribution in [0.15, 0.2) is 42.5 Å².